The molecule has 1 aliphatic heterocycles. The van der Waals surface area contributed by atoms with Crippen molar-refractivity contribution in [2.24, 2.45) is 0 Å². The summed E-state index contributed by atoms with van der Waals surface area (Å²) in [6.45, 7) is 1.29. The normalized spacial score (nSPS) is 13.9. The van der Waals surface area contributed by atoms with Gasteiger partial charge < -0.3 is 20.1 Å². The van der Waals surface area contributed by atoms with E-state index in [0.29, 0.717) is 28.4 Å². The van der Waals surface area contributed by atoms with Crippen LogP contribution in [0, 0.1) is 6.92 Å². The molecule has 2 N–H and O–H groups in total. The maximum atomic E-state index is 12.9. The van der Waals surface area contributed by atoms with E-state index in [2.05, 4.69) is 10.6 Å². The summed E-state index contributed by atoms with van der Waals surface area (Å²) >= 11 is 0.733. The molecule has 9 nitrogen and oxygen atoms in total. The van der Waals surface area contributed by atoms with Crippen molar-refractivity contribution in [1.29, 1.82) is 0 Å². The van der Waals surface area contributed by atoms with Crippen LogP contribution in [0.4, 0.5) is 16.2 Å². The molecule has 1 fully saturated rings. The highest BCUT2D eigenvalue weighted by Crippen LogP contribution is 2.34. The molecule has 1 heterocycles. The molecule has 38 heavy (non-hydrogen) atoms. The number of benzene rings is 3. The van der Waals surface area contributed by atoms with Gasteiger partial charge in [-0.15, -0.1) is 0 Å². The average molecular weight is 532 g/mol. The van der Waals surface area contributed by atoms with E-state index in [-0.39, 0.29) is 17.4 Å². The van der Waals surface area contributed by atoms with Gasteiger partial charge >= 0.3 is 0 Å². The number of nitrogens with zero attached hydrogens (tertiary/aromatic N) is 1. The number of amides is 4. The van der Waals surface area contributed by atoms with Gasteiger partial charge in [-0.3, -0.25) is 24.1 Å². The van der Waals surface area contributed by atoms with Crippen molar-refractivity contribution in [2.75, 3.05) is 30.9 Å². The van der Waals surface area contributed by atoms with Crippen molar-refractivity contribution < 1.29 is 28.7 Å². The van der Waals surface area contributed by atoms with E-state index in [1.54, 1.807) is 60.7 Å². The quantitative estimate of drug-likeness (QED) is 0.385. The molecule has 0 spiro atoms. The number of carbonyl (C=O) groups excluding carboxylic acids is 4. The first-order chi connectivity index (χ1) is 18.3. The predicted molar refractivity (Wildman–Crippen MR) is 146 cm³/mol. The fourth-order valence-electron chi connectivity index (χ4n) is 3.50. The molecule has 194 valence electrons. The van der Waals surface area contributed by atoms with E-state index in [0.717, 1.165) is 22.2 Å². The van der Waals surface area contributed by atoms with E-state index < -0.39 is 23.6 Å². The topological polar surface area (TPSA) is 114 Å². The Morgan fingerprint density at radius 3 is 2.21 bits per heavy atom. The summed E-state index contributed by atoms with van der Waals surface area (Å²) in [5, 5.41) is 4.86. The minimum Gasteiger partial charge on any atom is -0.497 e. The Labute approximate surface area is 223 Å². The predicted octanol–water partition coefficient (Wildman–Crippen LogP) is 4.70. The highest BCUT2D eigenvalue weighted by atomic mass is 32.2. The third kappa shape index (κ3) is 6.80. The van der Waals surface area contributed by atoms with Crippen molar-refractivity contribution in [3.63, 3.8) is 0 Å². The fraction of sp³-hybridized carbons (Fsp3) is 0.143. The molecule has 10 heteroatoms. The molecular weight excluding hydrogens is 506 g/mol. The first-order valence-electron chi connectivity index (χ1n) is 11.6. The summed E-state index contributed by atoms with van der Waals surface area (Å²) in [4.78, 5) is 51.2. The van der Waals surface area contributed by atoms with Gasteiger partial charge in [-0.05, 0) is 67.2 Å². The second kappa shape index (κ2) is 12.1. The Morgan fingerprint density at radius 1 is 0.895 bits per heavy atom. The molecule has 0 saturated carbocycles. The van der Waals surface area contributed by atoms with Crippen LogP contribution in [0.1, 0.15) is 11.1 Å². The van der Waals surface area contributed by atoms with Gasteiger partial charge in [-0.1, -0.05) is 35.9 Å². The fourth-order valence-corrected chi connectivity index (χ4v) is 4.33. The number of rotatable bonds is 9. The van der Waals surface area contributed by atoms with Crippen molar-refractivity contribution >= 4 is 52.2 Å². The third-order valence-corrected chi connectivity index (χ3v) is 6.36. The zero-order valence-corrected chi connectivity index (χ0v) is 21.5. The summed E-state index contributed by atoms with van der Waals surface area (Å²) in [6, 6.07) is 20.9. The summed E-state index contributed by atoms with van der Waals surface area (Å²) in [5.41, 5.74) is 2.76. The summed E-state index contributed by atoms with van der Waals surface area (Å²) in [6.07, 6.45) is 1.51. The summed E-state index contributed by atoms with van der Waals surface area (Å²) in [7, 11) is 1.54. The maximum absolute atomic E-state index is 12.9. The molecule has 4 rings (SSSR count). The van der Waals surface area contributed by atoms with Crippen LogP contribution in [0.15, 0.2) is 77.7 Å². The Hall–Kier alpha value is -4.57. The molecule has 0 radical (unpaired) electrons. The number of nitrogens with one attached hydrogen (secondary N) is 2. The zero-order valence-electron chi connectivity index (χ0n) is 20.7. The highest BCUT2D eigenvalue weighted by Gasteiger charge is 2.36. The monoisotopic (exact) mass is 531 g/mol. The Morgan fingerprint density at radius 2 is 1.53 bits per heavy atom. The van der Waals surface area contributed by atoms with E-state index in [1.807, 2.05) is 19.1 Å². The van der Waals surface area contributed by atoms with E-state index in [1.165, 1.54) is 13.2 Å². The third-order valence-electron chi connectivity index (χ3n) is 5.45. The van der Waals surface area contributed by atoms with Crippen LogP contribution in [0.25, 0.3) is 6.08 Å². The molecule has 0 aliphatic carbocycles. The second-order valence-electron chi connectivity index (χ2n) is 8.29. The lowest BCUT2D eigenvalue weighted by atomic mass is 10.2. The van der Waals surface area contributed by atoms with Crippen LogP contribution < -0.4 is 20.1 Å². The molecule has 3 aromatic carbocycles. The Kier molecular flexibility index (Phi) is 8.44. The second-order valence-corrected chi connectivity index (χ2v) is 9.28. The van der Waals surface area contributed by atoms with Crippen molar-refractivity contribution in [3.8, 4) is 11.5 Å². The number of hydrogen-bond acceptors (Lipinski definition) is 7. The summed E-state index contributed by atoms with van der Waals surface area (Å²) in [5.74, 6) is -0.434. The number of carbonyl (C=O) groups is 4. The van der Waals surface area contributed by atoms with Crippen LogP contribution in [-0.4, -0.2) is 48.1 Å². The van der Waals surface area contributed by atoms with Gasteiger partial charge in [0.15, 0.2) is 6.61 Å². The first-order valence-corrected chi connectivity index (χ1v) is 12.4. The number of aryl methyl sites for hydroxylation is 1. The van der Waals surface area contributed by atoms with E-state index in [9.17, 15) is 19.2 Å². The number of imide groups is 1. The number of para-hydroxylation sites is 1. The van der Waals surface area contributed by atoms with Gasteiger partial charge in [0, 0.05) is 16.9 Å². The number of thioether (sulfide) groups is 1. The molecule has 1 saturated heterocycles. The maximum Gasteiger partial charge on any atom is 0.294 e. The highest BCUT2D eigenvalue weighted by molar-refractivity contribution is 8.18. The lowest BCUT2D eigenvalue weighted by Crippen LogP contribution is -2.36. The van der Waals surface area contributed by atoms with Crippen LogP contribution in [0.3, 0.4) is 0 Å². The van der Waals surface area contributed by atoms with E-state index >= 15 is 0 Å². The smallest absolute Gasteiger partial charge is 0.294 e. The number of ether oxygens (including phenoxy) is 2. The van der Waals surface area contributed by atoms with Crippen LogP contribution in [-0.2, 0) is 14.4 Å². The lowest BCUT2D eigenvalue weighted by Gasteiger charge is -2.13. The molecular formula is C28H25N3O6S. The molecule has 1 aliphatic rings. The van der Waals surface area contributed by atoms with Crippen molar-refractivity contribution in [2.45, 2.75) is 6.92 Å². The standard InChI is InChI=1S/C28H25N3O6S/c1-18-7-9-20(10-8-18)30-26(33)17-37-23-6-4-3-5-19(23)15-24-27(34)31(28(35)38-24)16-25(32)29-21-11-13-22(36-2)14-12-21/h3-15H,16-17H2,1-2H3,(H,29,32)(H,30,33)/b24-15+. The van der Waals surface area contributed by atoms with Crippen LogP contribution in [0.5, 0.6) is 11.5 Å². The molecule has 3 aromatic rings. The zero-order chi connectivity index (χ0) is 27.1. The number of anilines is 2. The van der Waals surface area contributed by atoms with Gasteiger partial charge in [0.2, 0.25) is 5.91 Å². The van der Waals surface area contributed by atoms with Gasteiger partial charge in [-0.25, -0.2) is 0 Å². The first kappa shape index (κ1) is 26.5. The molecule has 0 atom stereocenters. The molecule has 0 unspecified atom stereocenters. The van der Waals surface area contributed by atoms with E-state index in [4.69, 9.17) is 9.47 Å². The number of hydrogen-bond donors (Lipinski definition) is 2. The number of methoxy groups -OCH3 is 1. The van der Waals surface area contributed by atoms with Gasteiger partial charge in [0.1, 0.15) is 18.0 Å². The molecule has 4 amide bonds. The molecule has 0 aromatic heterocycles. The van der Waals surface area contributed by atoms with Gasteiger partial charge in [0.05, 0.1) is 12.0 Å². The lowest BCUT2D eigenvalue weighted by molar-refractivity contribution is -0.127. The Balaban J connectivity index is 1.38. The van der Waals surface area contributed by atoms with Crippen molar-refractivity contribution in [3.05, 3.63) is 88.8 Å². The summed E-state index contributed by atoms with van der Waals surface area (Å²) < 4.78 is 10.8. The average Bonchev–Trinajstić information content (AvgIpc) is 3.17. The molecule has 0 bridgehead atoms. The van der Waals surface area contributed by atoms with Gasteiger partial charge in [-0.2, -0.15) is 0 Å². The van der Waals surface area contributed by atoms with Crippen molar-refractivity contribution in [1.82, 2.24) is 4.90 Å². The SMILES string of the molecule is COc1ccc(NC(=O)CN2C(=O)S/C(=C/c3ccccc3OCC(=O)Nc3ccc(C)cc3)C2=O)cc1. The minimum atomic E-state index is -0.586. The minimum absolute atomic E-state index is 0.146. The van der Waals surface area contributed by atoms with Crippen LogP contribution >= 0.6 is 11.8 Å². The largest absolute Gasteiger partial charge is 0.497 e. The van der Waals surface area contributed by atoms with Crippen LogP contribution in [0.2, 0.25) is 0 Å². The Bertz CT molecular complexity index is 1390. The van der Waals surface area contributed by atoms with Gasteiger partial charge in [0.25, 0.3) is 17.1 Å².